The van der Waals surface area contributed by atoms with Gasteiger partial charge in [-0.2, -0.15) is 0 Å². The molecule has 0 aromatic heterocycles. The predicted octanol–water partition coefficient (Wildman–Crippen LogP) is 3.23. The molecule has 20 heavy (non-hydrogen) atoms. The summed E-state index contributed by atoms with van der Waals surface area (Å²) in [6.45, 7) is 3.56. The van der Waals surface area contributed by atoms with Gasteiger partial charge in [0.1, 0.15) is 5.75 Å². The molecule has 1 fully saturated rings. The molecular weight excluding hydrogens is 250 g/mol. The summed E-state index contributed by atoms with van der Waals surface area (Å²) >= 11 is 0. The van der Waals surface area contributed by atoms with Crippen LogP contribution in [-0.2, 0) is 4.79 Å². The van der Waals surface area contributed by atoms with Crippen molar-refractivity contribution in [1.82, 2.24) is 4.90 Å². The predicted molar refractivity (Wildman–Crippen MR) is 79.9 cm³/mol. The molecule has 2 aromatic carbocycles. The molecule has 0 bridgehead atoms. The summed E-state index contributed by atoms with van der Waals surface area (Å²) in [5.74, 6) is 0.874. The Morgan fingerprint density at radius 3 is 2.60 bits per heavy atom. The highest BCUT2D eigenvalue weighted by atomic mass is 16.5. The lowest BCUT2D eigenvalue weighted by atomic mass is 10.1. The second-order valence-corrected chi connectivity index (χ2v) is 5.27. The summed E-state index contributed by atoms with van der Waals surface area (Å²) in [6, 6.07) is 14.0. The second-order valence-electron chi connectivity index (χ2n) is 5.27. The lowest BCUT2D eigenvalue weighted by Crippen LogP contribution is -2.38. The van der Waals surface area contributed by atoms with Gasteiger partial charge in [0.25, 0.3) is 5.91 Å². The molecule has 104 valence electrons. The number of ether oxygens (including phenoxy) is 1. The molecule has 0 unspecified atom stereocenters. The first-order valence-corrected chi connectivity index (χ1v) is 7.19. The monoisotopic (exact) mass is 269 g/mol. The SMILES string of the molecule is C[C@H](Oc1cccc2ccccc12)C(=O)N1CCCC1. The molecule has 0 saturated carbocycles. The van der Waals surface area contributed by atoms with Crippen LogP contribution < -0.4 is 4.74 Å². The van der Waals surface area contributed by atoms with E-state index in [-0.39, 0.29) is 5.91 Å². The van der Waals surface area contributed by atoms with Gasteiger partial charge < -0.3 is 9.64 Å². The molecule has 1 aliphatic heterocycles. The van der Waals surface area contributed by atoms with Crippen LogP contribution in [0.2, 0.25) is 0 Å². The van der Waals surface area contributed by atoms with E-state index in [1.165, 1.54) is 0 Å². The molecule has 3 nitrogen and oxygen atoms in total. The van der Waals surface area contributed by atoms with Crippen molar-refractivity contribution in [2.75, 3.05) is 13.1 Å². The third-order valence-electron chi connectivity index (χ3n) is 3.82. The topological polar surface area (TPSA) is 29.5 Å². The van der Waals surface area contributed by atoms with Crippen LogP contribution in [0.1, 0.15) is 19.8 Å². The van der Waals surface area contributed by atoms with E-state index in [1.54, 1.807) is 0 Å². The van der Waals surface area contributed by atoms with Crippen molar-refractivity contribution in [2.24, 2.45) is 0 Å². The minimum atomic E-state index is -0.432. The number of fused-ring (bicyclic) bond motifs is 1. The minimum Gasteiger partial charge on any atom is -0.480 e. The third-order valence-corrected chi connectivity index (χ3v) is 3.82. The number of amides is 1. The maximum atomic E-state index is 12.3. The Kier molecular flexibility index (Phi) is 3.59. The number of nitrogens with zero attached hydrogens (tertiary/aromatic N) is 1. The zero-order chi connectivity index (χ0) is 13.9. The quantitative estimate of drug-likeness (QED) is 0.856. The zero-order valence-corrected chi connectivity index (χ0v) is 11.7. The van der Waals surface area contributed by atoms with Gasteiger partial charge in [-0.3, -0.25) is 4.79 Å². The number of carbonyl (C=O) groups is 1. The van der Waals surface area contributed by atoms with Gasteiger partial charge in [-0.15, -0.1) is 0 Å². The van der Waals surface area contributed by atoms with Crippen molar-refractivity contribution in [3.05, 3.63) is 42.5 Å². The Hall–Kier alpha value is -2.03. The first-order valence-electron chi connectivity index (χ1n) is 7.19. The summed E-state index contributed by atoms with van der Waals surface area (Å²) in [4.78, 5) is 14.2. The normalized spacial score (nSPS) is 16.4. The largest absolute Gasteiger partial charge is 0.480 e. The summed E-state index contributed by atoms with van der Waals surface area (Å²) < 4.78 is 5.91. The lowest BCUT2D eigenvalue weighted by Gasteiger charge is -2.21. The van der Waals surface area contributed by atoms with Gasteiger partial charge in [0.15, 0.2) is 6.10 Å². The van der Waals surface area contributed by atoms with Crippen LogP contribution in [0.3, 0.4) is 0 Å². The van der Waals surface area contributed by atoms with Gasteiger partial charge in [-0.25, -0.2) is 0 Å². The Morgan fingerprint density at radius 2 is 1.80 bits per heavy atom. The Labute approximate surface area is 119 Å². The summed E-state index contributed by atoms with van der Waals surface area (Å²) in [5.41, 5.74) is 0. The fraction of sp³-hybridized carbons (Fsp3) is 0.353. The summed E-state index contributed by atoms with van der Waals surface area (Å²) in [6.07, 6.45) is 1.78. The molecule has 0 N–H and O–H groups in total. The minimum absolute atomic E-state index is 0.0930. The molecule has 1 atom stereocenters. The van der Waals surface area contributed by atoms with E-state index < -0.39 is 6.10 Å². The van der Waals surface area contributed by atoms with Crippen LogP contribution in [0, 0.1) is 0 Å². The smallest absolute Gasteiger partial charge is 0.263 e. The van der Waals surface area contributed by atoms with Crippen molar-refractivity contribution in [1.29, 1.82) is 0 Å². The van der Waals surface area contributed by atoms with Gasteiger partial charge in [-0.1, -0.05) is 36.4 Å². The molecule has 0 spiro atoms. The van der Waals surface area contributed by atoms with Crippen LogP contribution >= 0.6 is 0 Å². The molecule has 3 rings (SSSR count). The van der Waals surface area contributed by atoms with E-state index in [1.807, 2.05) is 42.2 Å². The lowest BCUT2D eigenvalue weighted by molar-refractivity contribution is -0.136. The fourth-order valence-electron chi connectivity index (χ4n) is 2.73. The van der Waals surface area contributed by atoms with Crippen molar-refractivity contribution in [3.63, 3.8) is 0 Å². The van der Waals surface area contributed by atoms with E-state index >= 15 is 0 Å². The van der Waals surface area contributed by atoms with E-state index in [0.29, 0.717) is 0 Å². The second kappa shape index (κ2) is 5.53. The molecule has 1 amide bonds. The average Bonchev–Trinajstić information content (AvgIpc) is 3.01. The molecule has 1 aliphatic rings. The average molecular weight is 269 g/mol. The van der Waals surface area contributed by atoms with Gasteiger partial charge in [0, 0.05) is 18.5 Å². The number of hydrogen-bond donors (Lipinski definition) is 0. The van der Waals surface area contributed by atoms with Crippen LogP contribution in [0.5, 0.6) is 5.75 Å². The first-order chi connectivity index (χ1) is 9.75. The van der Waals surface area contributed by atoms with Crippen LogP contribution in [-0.4, -0.2) is 30.0 Å². The molecular formula is C17H19NO2. The van der Waals surface area contributed by atoms with Crippen molar-refractivity contribution < 1.29 is 9.53 Å². The highest BCUT2D eigenvalue weighted by molar-refractivity contribution is 5.89. The maximum absolute atomic E-state index is 12.3. The Balaban J connectivity index is 1.80. The van der Waals surface area contributed by atoms with E-state index in [9.17, 15) is 4.79 Å². The number of rotatable bonds is 3. The van der Waals surface area contributed by atoms with Crippen molar-refractivity contribution in [3.8, 4) is 5.75 Å². The Morgan fingerprint density at radius 1 is 1.10 bits per heavy atom. The third kappa shape index (κ3) is 2.48. The Bertz CT molecular complexity index is 612. The molecule has 1 saturated heterocycles. The van der Waals surface area contributed by atoms with E-state index in [0.717, 1.165) is 42.5 Å². The number of carbonyl (C=O) groups excluding carboxylic acids is 1. The van der Waals surface area contributed by atoms with E-state index in [4.69, 9.17) is 4.74 Å². The number of benzene rings is 2. The molecule has 3 heteroatoms. The molecule has 2 aromatic rings. The van der Waals surface area contributed by atoms with Gasteiger partial charge in [-0.05, 0) is 31.2 Å². The zero-order valence-electron chi connectivity index (χ0n) is 11.7. The van der Waals surface area contributed by atoms with Gasteiger partial charge in [0.2, 0.25) is 0 Å². The summed E-state index contributed by atoms with van der Waals surface area (Å²) in [7, 11) is 0. The number of hydrogen-bond acceptors (Lipinski definition) is 2. The number of likely N-dealkylation sites (tertiary alicyclic amines) is 1. The molecule has 0 aliphatic carbocycles. The van der Waals surface area contributed by atoms with Crippen LogP contribution in [0.15, 0.2) is 42.5 Å². The highest BCUT2D eigenvalue weighted by Crippen LogP contribution is 2.26. The van der Waals surface area contributed by atoms with Crippen molar-refractivity contribution in [2.45, 2.75) is 25.9 Å². The van der Waals surface area contributed by atoms with Crippen molar-refractivity contribution >= 4 is 16.7 Å². The molecule has 0 radical (unpaired) electrons. The fourth-order valence-corrected chi connectivity index (χ4v) is 2.73. The summed E-state index contributed by atoms with van der Waals surface area (Å²) in [5, 5.41) is 2.18. The first kappa shape index (κ1) is 13.0. The van der Waals surface area contributed by atoms with Crippen LogP contribution in [0.25, 0.3) is 10.8 Å². The standard InChI is InChI=1S/C17H19NO2/c1-13(17(19)18-11-4-5-12-18)20-16-10-6-8-14-7-2-3-9-15(14)16/h2-3,6-10,13H,4-5,11-12H2,1H3/t13-/m0/s1. The van der Waals surface area contributed by atoms with Gasteiger partial charge in [0.05, 0.1) is 0 Å². The maximum Gasteiger partial charge on any atom is 0.263 e. The van der Waals surface area contributed by atoms with Gasteiger partial charge >= 0.3 is 0 Å². The van der Waals surface area contributed by atoms with Crippen LogP contribution in [0.4, 0.5) is 0 Å². The van der Waals surface area contributed by atoms with E-state index in [2.05, 4.69) is 12.1 Å². The molecule has 1 heterocycles. The highest BCUT2D eigenvalue weighted by Gasteiger charge is 2.24.